The Morgan fingerprint density at radius 2 is 1.50 bits per heavy atom. The van der Waals surface area contributed by atoms with E-state index in [2.05, 4.69) is 4.72 Å². The summed E-state index contributed by atoms with van der Waals surface area (Å²) in [5.41, 5.74) is 2.63. The van der Waals surface area contributed by atoms with Gasteiger partial charge in [0.1, 0.15) is 10.6 Å². The van der Waals surface area contributed by atoms with Crippen LogP contribution >= 0.6 is 0 Å². The molecule has 166 valence electrons. The lowest BCUT2D eigenvalue weighted by molar-refractivity contribution is -0.127. The van der Waals surface area contributed by atoms with Gasteiger partial charge in [-0.3, -0.25) is 4.79 Å². The van der Waals surface area contributed by atoms with Crippen molar-refractivity contribution in [2.75, 3.05) is 14.2 Å². The van der Waals surface area contributed by atoms with Crippen LogP contribution in [0.3, 0.4) is 0 Å². The molecule has 0 fully saturated rings. The summed E-state index contributed by atoms with van der Waals surface area (Å²) in [4.78, 5) is 14.8. The van der Waals surface area contributed by atoms with E-state index in [0.29, 0.717) is 18.7 Å². The average Bonchev–Trinajstić information content (AvgIpc) is 2.83. The molecule has 0 bridgehead atoms. The van der Waals surface area contributed by atoms with Crippen molar-refractivity contribution >= 4 is 22.0 Å². The standard InChI is InChI=1S/C25H26N2O4S/c1-26-32(29,30)24-17-20(13-15-23(24)31-2)14-16-25(28)27(18-21-9-5-3-6-10-21)19-22-11-7-4-8-12-22/h3-17,26H,18-19H2,1-2H3/b16-14+. The van der Waals surface area contributed by atoms with Crippen LogP contribution < -0.4 is 9.46 Å². The van der Waals surface area contributed by atoms with E-state index in [-0.39, 0.29) is 16.6 Å². The number of carbonyl (C=O) groups excluding carboxylic acids is 1. The predicted molar refractivity (Wildman–Crippen MR) is 125 cm³/mol. The lowest BCUT2D eigenvalue weighted by Crippen LogP contribution is -2.28. The normalized spacial score (nSPS) is 11.4. The summed E-state index contributed by atoms with van der Waals surface area (Å²) in [7, 11) is -0.954. The molecular formula is C25H26N2O4S. The molecule has 1 N–H and O–H groups in total. The molecule has 0 radical (unpaired) electrons. The number of amides is 1. The molecule has 3 aromatic rings. The molecule has 0 saturated heterocycles. The maximum absolute atomic E-state index is 13.1. The van der Waals surface area contributed by atoms with Gasteiger partial charge in [-0.05, 0) is 41.9 Å². The first-order valence-electron chi connectivity index (χ1n) is 10.1. The minimum Gasteiger partial charge on any atom is -0.495 e. The van der Waals surface area contributed by atoms with Crippen molar-refractivity contribution in [1.82, 2.24) is 9.62 Å². The lowest BCUT2D eigenvalue weighted by Gasteiger charge is -2.21. The van der Waals surface area contributed by atoms with Crippen LogP contribution in [0.5, 0.6) is 5.75 Å². The van der Waals surface area contributed by atoms with Crippen molar-refractivity contribution in [3.63, 3.8) is 0 Å². The molecule has 6 nitrogen and oxygen atoms in total. The van der Waals surface area contributed by atoms with Gasteiger partial charge in [-0.25, -0.2) is 13.1 Å². The topological polar surface area (TPSA) is 75.7 Å². The number of carbonyl (C=O) groups is 1. The molecule has 0 aliphatic carbocycles. The minimum atomic E-state index is -3.70. The Bertz CT molecular complexity index is 1140. The molecule has 32 heavy (non-hydrogen) atoms. The average molecular weight is 451 g/mol. The van der Waals surface area contributed by atoms with Crippen LogP contribution in [0, 0.1) is 0 Å². The molecule has 0 heterocycles. The van der Waals surface area contributed by atoms with Crippen LogP contribution in [0.25, 0.3) is 6.08 Å². The molecule has 0 unspecified atom stereocenters. The summed E-state index contributed by atoms with van der Waals surface area (Å²) in [6, 6.07) is 24.3. The smallest absolute Gasteiger partial charge is 0.247 e. The van der Waals surface area contributed by atoms with Crippen LogP contribution in [-0.4, -0.2) is 33.4 Å². The highest BCUT2D eigenvalue weighted by Crippen LogP contribution is 2.25. The first kappa shape index (κ1) is 23.2. The van der Waals surface area contributed by atoms with Crippen LogP contribution in [0.4, 0.5) is 0 Å². The highest BCUT2D eigenvalue weighted by Gasteiger charge is 2.18. The summed E-state index contributed by atoms with van der Waals surface area (Å²) in [6.45, 7) is 0.918. The number of ether oxygens (including phenoxy) is 1. The largest absolute Gasteiger partial charge is 0.495 e. The lowest BCUT2D eigenvalue weighted by atomic mass is 10.1. The van der Waals surface area contributed by atoms with E-state index < -0.39 is 10.0 Å². The van der Waals surface area contributed by atoms with Crippen LogP contribution in [0.2, 0.25) is 0 Å². The SMILES string of the molecule is CNS(=O)(=O)c1cc(/C=C/C(=O)N(Cc2ccccc2)Cc2ccccc2)ccc1OC. The second-order valence-electron chi connectivity index (χ2n) is 7.12. The molecular weight excluding hydrogens is 424 g/mol. The maximum Gasteiger partial charge on any atom is 0.247 e. The third kappa shape index (κ3) is 6.06. The highest BCUT2D eigenvalue weighted by molar-refractivity contribution is 7.89. The van der Waals surface area contributed by atoms with Gasteiger partial charge >= 0.3 is 0 Å². The van der Waals surface area contributed by atoms with E-state index in [1.807, 2.05) is 60.7 Å². The number of hydrogen-bond acceptors (Lipinski definition) is 4. The molecule has 7 heteroatoms. The molecule has 3 rings (SSSR count). The van der Waals surface area contributed by atoms with Crippen molar-refractivity contribution in [2.45, 2.75) is 18.0 Å². The second-order valence-corrected chi connectivity index (χ2v) is 8.97. The van der Waals surface area contributed by atoms with Gasteiger partial charge in [0.25, 0.3) is 0 Å². The zero-order valence-corrected chi connectivity index (χ0v) is 18.9. The van der Waals surface area contributed by atoms with Gasteiger partial charge in [0.05, 0.1) is 7.11 Å². The molecule has 0 aliphatic rings. The minimum absolute atomic E-state index is 0.0162. The zero-order chi connectivity index (χ0) is 23.0. The van der Waals surface area contributed by atoms with Crippen LogP contribution in [0.15, 0.2) is 89.8 Å². The van der Waals surface area contributed by atoms with Crippen molar-refractivity contribution in [1.29, 1.82) is 0 Å². The van der Waals surface area contributed by atoms with Gasteiger partial charge in [-0.15, -0.1) is 0 Å². The van der Waals surface area contributed by atoms with E-state index >= 15 is 0 Å². The molecule has 0 spiro atoms. The monoisotopic (exact) mass is 450 g/mol. The first-order chi connectivity index (χ1) is 15.4. The van der Waals surface area contributed by atoms with E-state index in [4.69, 9.17) is 4.74 Å². The Labute approximate surface area is 189 Å². The van der Waals surface area contributed by atoms with Gasteiger partial charge < -0.3 is 9.64 Å². The van der Waals surface area contributed by atoms with E-state index in [1.54, 1.807) is 23.1 Å². The Morgan fingerprint density at radius 1 is 0.938 bits per heavy atom. The first-order valence-corrected chi connectivity index (χ1v) is 11.6. The summed E-state index contributed by atoms with van der Waals surface area (Å²) in [5, 5.41) is 0. The van der Waals surface area contributed by atoms with E-state index in [1.165, 1.54) is 26.3 Å². The Balaban J connectivity index is 1.85. The number of benzene rings is 3. The van der Waals surface area contributed by atoms with E-state index in [9.17, 15) is 13.2 Å². The van der Waals surface area contributed by atoms with Gasteiger partial charge in [0, 0.05) is 19.2 Å². The van der Waals surface area contributed by atoms with Crippen LogP contribution in [0.1, 0.15) is 16.7 Å². The highest BCUT2D eigenvalue weighted by atomic mass is 32.2. The number of sulfonamides is 1. The second kappa shape index (κ2) is 10.7. The molecule has 1 amide bonds. The summed E-state index contributed by atoms with van der Waals surface area (Å²) in [6.07, 6.45) is 3.07. The Morgan fingerprint density at radius 3 is 2.00 bits per heavy atom. The van der Waals surface area contributed by atoms with Crippen molar-refractivity contribution in [3.05, 3.63) is 102 Å². The van der Waals surface area contributed by atoms with Gasteiger partial charge in [0.15, 0.2) is 0 Å². The number of rotatable bonds is 9. The Hall–Kier alpha value is -3.42. The third-order valence-corrected chi connectivity index (χ3v) is 6.34. The number of nitrogens with one attached hydrogen (secondary N) is 1. The molecule has 0 aliphatic heterocycles. The summed E-state index contributed by atoms with van der Waals surface area (Å²) < 4.78 is 32.0. The molecule has 0 atom stereocenters. The van der Waals surface area contributed by atoms with Crippen molar-refractivity contribution < 1.29 is 17.9 Å². The number of hydrogen-bond donors (Lipinski definition) is 1. The number of methoxy groups -OCH3 is 1. The van der Waals surface area contributed by atoms with Crippen molar-refractivity contribution in [3.8, 4) is 5.75 Å². The van der Waals surface area contributed by atoms with Gasteiger partial charge in [-0.1, -0.05) is 66.7 Å². The molecule has 3 aromatic carbocycles. The van der Waals surface area contributed by atoms with Crippen molar-refractivity contribution in [2.24, 2.45) is 0 Å². The number of nitrogens with zero attached hydrogens (tertiary/aromatic N) is 1. The fourth-order valence-corrected chi connectivity index (χ4v) is 4.14. The summed E-state index contributed by atoms with van der Waals surface area (Å²) in [5.74, 6) is 0.0594. The summed E-state index contributed by atoms with van der Waals surface area (Å²) >= 11 is 0. The maximum atomic E-state index is 13.1. The fourth-order valence-electron chi connectivity index (χ4n) is 3.21. The third-order valence-electron chi connectivity index (χ3n) is 4.91. The molecule has 0 saturated carbocycles. The zero-order valence-electron chi connectivity index (χ0n) is 18.1. The Kier molecular flexibility index (Phi) is 7.81. The van der Waals surface area contributed by atoms with Crippen LogP contribution in [-0.2, 0) is 27.9 Å². The van der Waals surface area contributed by atoms with Gasteiger partial charge in [-0.2, -0.15) is 0 Å². The fraction of sp³-hybridized carbons (Fsp3) is 0.160. The molecule has 0 aromatic heterocycles. The quantitative estimate of drug-likeness (QED) is 0.503. The van der Waals surface area contributed by atoms with E-state index in [0.717, 1.165) is 11.1 Å². The van der Waals surface area contributed by atoms with Gasteiger partial charge in [0.2, 0.25) is 15.9 Å². The predicted octanol–water partition coefficient (Wildman–Crippen LogP) is 3.85.